The first-order valence-electron chi connectivity index (χ1n) is 6.68. The zero-order valence-electron chi connectivity index (χ0n) is 11.6. The van der Waals surface area contributed by atoms with E-state index in [4.69, 9.17) is 14.2 Å². The minimum atomic E-state index is -0.315. The van der Waals surface area contributed by atoms with Crippen molar-refractivity contribution < 1.29 is 19.0 Å². The van der Waals surface area contributed by atoms with Crippen LogP contribution in [0, 0.1) is 0 Å². The summed E-state index contributed by atoms with van der Waals surface area (Å²) in [5, 5.41) is 0. The van der Waals surface area contributed by atoms with Gasteiger partial charge in [-0.15, -0.1) is 0 Å². The molecule has 0 N–H and O–H groups in total. The fourth-order valence-electron chi connectivity index (χ4n) is 2.22. The predicted octanol–water partition coefficient (Wildman–Crippen LogP) is 2.47. The molecule has 0 aromatic carbocycles. The molecule has 0 heterocycles. The van der Waals surface area contributed by atoms with Crippen LogP contribution in [0.4, 0.5) is 0 Å². The number of hydrogen-bond donors (Lipinski definition) is 0. The molecule has 0 aromatic rings. The van der Waals surface area contributed by atoms with E-state index in [1.165, 1.54) is 0 Å². The zero-order valence-corrected chi connectivity index (χ0v) is 11.6. The largest absolute Gasteiger partial charge is 0.459 e. The number of esters is 1. The monoisotopic (exact) mass is 256 g/mol. The van der Waals surface area contributed by atoms with Crippen molar-refractivity contribution in [1.29, 1.82) is 0 Å². The van der Waals surface area contributed by atoms with Gasteiger partial charge in [-0.2, -0.15) is 0 Å². The topological polar surface area (TPSA) is 44.8 Å². The van der Waals surface area contributed by atoms with Gasteiger partial charge in [0.15, 0.2) is 0 Å². The Balaban J connectivity index is 2.51. The molecule has 1 fully saturated rings. The van der Waals surface area contributed by atoms with Gasteiger partial charge in [0.05, 0.1) is 12.2 Å². The van der Waals surface area contributed by atoms with Crippen molar-refractivity contribution in [3.8, 4) is 0 Å². The molecule has 3 atom stereocenters. The number of hydrogen-bond acceptors (Lipinski definition) is 4. The Bertz CT molecular complexity index is 288. The van der Waals surface area contributed by atoms with Gasteiger partial charge in [-0.25, -0.2) is 4.79 Å². The Morgan fingerprint density at radius 3 is 2.33 bits per heavy atom. The summed E-state index contributed by atoms with van der Waals surface area (Å²) in [6, 6.07) is 0. The van der Waals surface area contributed by atoms with E-state index >= 15 is 0 Å². The SMILES string of the molecule is C=C(C)C(=O)OC1CCC(OCC)C(OCC)C1. The van der Waals surface area contributed by atoms with Gasteiger partial charge in [0.1, 0.15) is 6.10 Å². The molecule has 1 saturated carbocycles. The van der Waals surface area contributed by atoms with Gasteiger partial charge < -0.3 is 14.2 Å². The standard InChI is InChI=1S/C14H24O4/c1-5-16-12-8-7-11(9-13(12)17-6-2)18-14(15)10(3)4/h11-13H,3,5-9H2,1-2,4H3. The summed E-state index contributed by atoms with van der Waals surface area (Å²) in [7, 11) is 0. The van der Waals surface area contributed by atoms with Crippen molar-refractivity contribution >= 4 is 5.97 Å². The molecule has 0 bridgehead atoms. The third-order valence-electron chi connectivity index (χ3n) is 3.07. The van der Waals surface area contributed by atoms with Crippen LogP contribution in [0.5, 0.6) is 0 Å². The third kappa shape index (κ3) is 4.42. The van der Waals surface area contributed by atoms with E-state index in [1.807, 2.05) is 13.8 Å². The van der Waals surface area contributed by atoms with Gasteiger partial charge in [0.25, 0.3) is 0 Å². The maximum atomic E-state index is 11.5. The number of rotatable bonds is 6. The molecule has 0 aliphatic heterocycles. The van der Waals surface area contributed by atoms with Crippen molar-refractivity contribution in [3.05, 3.63) is 12.2 Å². The molecule has 18 heavy (non-hydrogen) atoms. The maximum Gasteiger partial charge on any atom is 0.333 e. The summed E-state index contributed by atoms with van der Waals surface area (Å²) < 4.78 is 16.7. The molecule has 1 rings (SSSR count). The molecular formula is C14H24O4. The van der Waals surface area contributed by atoms with Crippen LogP contribution < -0.4 is 0 Å². The van der Waals surface area contributed by atoms with Gasteiger partial charge in [-0.3, -0.25) is 0 Å². The van der Waals surface area contributed by atoms with Crippen LogP contribution in [-0.2, 0) is 19.0 Å². The quantitative estimate of drug-likeness (QED) is 0.541. The summed E-state index contributed by atoms with van der Waals surface area (Å²) >= 11 is 0. The van der Waals surface area contributed by atoms with Gasteiger partial charge in [-0.1, -0.05) is 6.58 Å². The smallest absolute Gasteiger partial charge is 0.333 e. The predicted molar refractivity (Wildman–Crippen MR) is 69.4 cm³/mol. The first-order chi connectivity index (χ1) is 8.58. The minimum absolute atomic E-state index is 0.0200. The lowest BCUT2D eigenvalue weighted by Crippen LogP contribution is -2.41. The van der Waals surface area contributed by atoms with Crippen LogP contribution in [-0.4, -0.2) is 37.5 Å². The molecule has 0 radical (unpaired) electrons. The van der Waals surface area contributed by atoms with E-state index in [2.05, 4.69) is 6.58 Å². The highest BCUT2D eigenvalue weighted by Crippen LogP contribution is 2.26. The van der Waals surface area contributed by atoms with E-state index in [1.54, 1.807) is 6.92 Å². The lowest BCUT2D eigenvalue weighted by atomic mass is 9.92. The number of carbonyl (C=O) groups is 1. The van der Waals surface area contributed by atoms with E-state index in [-0.39, 0.29) is 24.3 Å². The zero-order chi connectivity index (χ0) is 13.5. The average molecular weight is 256 g/mol. The van der Waals surface area contributed by atoms with E-state index < -0.39 is 0 Å². The summed E-state index contributed by atoms with van der Waals surface area (Å²) in [4.78, 5) is 11.5. The molecule has 0 aromatic heterocycles. The highest BCUT2D eigenvalue weighted by atomic mass is 16.6. The van der Waals surface area contributed by atoms with Gasteiger partial charge >= 0.3 is 5.97 Å². The number of carbonyl (C=O) groups excluding carboxylic acids is 1. The van der Waals surface area contributed by atoms with Crippen molar-refractivity contribution in [2.45, 2.75) is 58.3 Å². The molecule has 0 spiro atoms. The summed E-state index contributed by atoms with van der Waals surface area (Å²) in [6.45, 7) is 10.5. The molecule has 3 unspecified atom stereocenters. The Kier molecular flexibility index (Phi) is 6.36. The second kappa shape index (κ2) is 7.54. The highest BCUT2D eigenvalue weighted by molar-refractivity contribution is 5.87. The first-order valence-corrected chi connectivity index (χ1v) is 6.68. The molecule has 1 aliphatic rings. The minimum Gasteiger partial charge on any atom is -0.459 e. The molecule has 4 nitrogen and oxygen atoms in total. The molecule has 104 valence electrons. The number of ether oxygens (including phenoxy) is 3. The molecule has 0 amide bonds. The Morgan fingerprint density at radius 2 is 1.78 bits per heavy atom. The second-order valence-electron chi connectivity index (χ2n) is 4.61. The fraction of sp³-hybridized carbons (Fsp3) is 0.786. The Morgan fingerprint density at radius 1 is 1.17 bits per heavy atom. The highest BCUT2D eigenvalue weighted by Gasteiger charge is 2.33. The summed E-state index contributed by atoms with van der Waals surface area (Å²) in [5.41, 5.74) is 0.440. The Hall–Kier alpha value is -0.870. The molecular weight excluding hydrogens is 232 g/mol. The molecule has 1 aliphatic carbocycles. The fourth-order valence-corrected chi connectivity index (χ4v) is 2.22. The van der Waals surface area contributed by atoms with Crippen LogP contribution in [0.15, 0.2) is 12.2 Å². The van der Waals surface area contributed by atoms with Gasteiger partial charge in [0.2, 0.25) is 0 Å². The van der Waals surface area contributed by atoms with Crippen LogP contribution in [0.1, 0.15) is 40.0 Å². The van der Waals surface area contributed by atoms with E-state index in [9.17, 15) is 4.79 Å². The average Bonchev–Trinajstić information content (AvgIpc) is 2.33. The van der Waals surface area contributed by atoms with E-state index in [0.29, 0.717) is 25.2 Å². The third-order valence-corrected chi connectivity index (χ3v) is 3.07. The van der Waals surface area contributed by atoms with Gasteiger partial charge in [0, 0.05) is 25.2 Å². The van der Waals surface area contributed by atoms with Crippen molar-refractivity contribution in [2.75, 3.05) is 13.2 Å². The second-order valence-corrected chi connectivity index (χ2v) is 4.61. The molecule has 0 saturated heterocycles. The Labute approximate surface area is 109 Å². The maximum absolute atomic E-state index is 11.5. The van der Waals surface area contributed by atoms with Crippen molar-refractivity contribution in [3.63, 3.8) is 0 Å². The van der Waals surface area contributed by atoms with Crippen molar-refractivity contribution in [1.82, 2.24) is 0 Å². The van der Waals surface area contributed by atoms with Crippen LogP contribution in [0.3, 0.4) is 0 Å². The lowest BCUT2D eigenvalue weighted by Gasteiger charge is -2.35. The lowest BCUT2D eigenvalue weighted by molar-refractivity contribution is -0.155. The summed E-state index contributed by atoms with van der Waals surface area (Å²) in [5.74, 6) is -0.315. The van der Waals surface area contributed by atoms with Gasteiger partial charge in [-0.05, 0) is 33.6 Å². The van der Waals surface area contributed by atoms with Crippen LogP contribution in [0.2, 0.25) is 0 Å². The van der Waals surface area contributed by atoms with Crippen LogP contribution in [0.25, 0.3) is 0 Å². The summed E-state index contributed by atoms with van der Waals surface area (Å²) in [6.07, 6.45) is 2.46. The first kappa shape index (κ1) is 15.2. The normalized spacial score (nSPS) is 27.8. The van der Waals surface area contributed by atoms with Crippen molar-refractivity contribution in [2.24, 2.45) is 0 Å². The van der Waals surface area contributed by atoms with Crippen LogP contribution >= 0.6 is 0 Å². The molecule has 4 heteroatoms. The van der Waals surface area contributed by atoms with E-state index in [0.717, 1.165) is 12.8 Å².